The van der Waals surface area contributed by atoms with Gasteiger partial charge in [0.15, 0.2) is 5.69 Å². The molecule has 0 aliphatic heterocycles. The number of nitriles is 1. The fourth-order valence-electron chi connectivity index (χ4n) is 3.21. The Labute approximate surface area is 208 Å². The zero-order valence-electron chi connectivity index (χ0n) is 18.7. The molecule has 14 heteroatoms. The summed E-state index contributed by atoms with van der Waals surface area (Å²) < 4.78 is 77.6. The zero-order valence-corrected chi connectivity index (χ0v) is 20.4. The highest BCUT2D eigenvalue weighted by Gasteiger charge is 2.35. The van der Waals surface area contributed by atoms with Crippen molar-refractivity contribution in [2.75, 3.05) is 4.72 Å². The molecule has 4 rings (SSSR count). The van der Waals surface area contributed by atoms with E-state index in [9.17, 15) is 26.9 Å². The molecule has 0 unspecified atom stereocenters. The Morgan fingerprint density at radius 1 is 1.17 bits per heavy atom. The van der Waals surface area contributed by atoms with Gasteiger partial charge in [0.05, 0.1) is 16.2 Å². The summed E-state index contributed by atoms with van der Waals surface area (Å²) in [5, 5.41) is 13.2. The van der Waals surface area contributed by atoms with Crippen LogP contribution in [0.25, 0.3) is 11.3 Å². The second-order valence-corrected chi connectivity index (χ2v) is 9.81. The summed E-state index contributed by atoms with van der Waals surface area (Å²) >= 11 is 0.888. The maximum Gasteiger partial charge on any atom is 0.435 e. The minimum Gasteiger partial charge on any atom is -0.456 e. The quantitative estimate of drug-likeness (QED) is 0.345. The number of aromatic nitrogens is 4. The highest BCUT2D eigenvalue weighted by Crippen LogP contribution is 2.33. The van der Waals surface area contributed by atoms with Gasteiger partial charge < -0.3 is 4.74 Å². The molecule has 0 aliphatic carbocycles. The number of benzene rings is 2. The summed E-state index contributed by atoms with van der Waals surface area (Å²) in [7, 11) is -4.01. The van der Waals surface area contributed by atoms with Crippen molar-refractivity contribution in [2.24, 2.45) is 0 Å². The Bertz CT molecular complexity index is 1560. The van der Waals surface area contributed by atoms with Crippen LogP contribution in [-0.2, 0) is 22.7 Å². The number of halogens is 3. The van der Waals surface area contributed by atoms with Crippen LogP contribution >= 0.6 is 11.5 Å². The van der Waals surface area contributed by atoms with Crippen LogP contribution in [-0.4, -0.2) is 27.6 Å². The number of hydrogen-bond acceptors (Lipinski definition) is 8. The molecule has 4 aromatic rings. The number of rotatable bonds is 7. The number of hydrogen-bond donors (Lipinski definition) is 1. The van der Waals surface area contributed by atoms with E-state index < -0.39 is 21.9 Å². The van der Waals surface area contributed by atoms with Crippen molar-refractivity contribution < 1.29 is 26.3 Å². The first kappa shape index (κ1) is 25.1. The van der Waals surface area contributed by atoms with Gasteiger partial charge in [0, 0.05) is 23.6 Å². The lowest BCUT2D eigenvalue weighted by molar-refractivity contribution is -0.141. The smallest absolute Gasteiger partial charge is 0.435 e. The summed E-state index contributed by atoms with van der Waals surface area (Å²) in [6, 6.07) is 12.9. The van der Waals surface area contributed by atoms with Crippen LogP contribution in [0.1, 0.15) is 24.0 Å². The van der Waals surface area contributed by atoms with Crippen LogP contribution < -0.4 is 9.46 Å². The van der Waals surface area contributed by atoms with Gasteiger partial charge in [0.1, 0.15) is 23.4 Å². The van der Waals surface area contributed by atoms with Crippen LogP contribution in [0.2, 0.25) is 0 Å². The normalized spacial score (nSPS) is 11.8. The lowest BCUT2D eigenvalue weighted by Crippen LogP contribution is -2.13. The van der Waals surface area contributed by atoms with Crippen LogP contribution in [0.4, 0.5) is 18.3 Å². The van der Waals surface area contributed by atoms with Crippen molar-refractivity contribution in [1.82, 2.24) is 19.1 Å². The van der Waals surface area contributed by atoms with Gasteiger partial charge in [-0.05, 0) is 62.4 Å². The summed E-state index contributed by atoms with van der Waals surface area (Å²) in [5.41, 5.74) is -0.229. The summed E-state index contributed by atoms with van der Waals surface area (Å²) in [5.74, 6) is 0.825. The van der Waals surface area contributed by atoms with Gasteiger partial charge in [-0.1, -0.05) is 0 Å². The monoisotopic (exact) mass is 534 g/mol. The predicted molar refractivity (Wildman–Crippen MR) is 125 cm³/mol. The van der Waals surface area contributed by atoms with Crippen LogP contribution in [0.5, 0.6) is 11.5 Å². The maximum atomic E-state index is 13.1. The number of alkyl halides is 3. The van der Waals surface area contributed by atoms with E-state index in [0.717, 1.165) is 17.6 Å². The van der Waals surface area contributed by atoms with E-state index in [1.165, 1.54) is 35.0 Å². The molecule has 0 saturated carbocycles. The Morgan fingerprint density at radius 2 is 1.89 bits per heavy atom. The molecule has 2 aromatic carbocycles. The molecule has 0 spiro atoms. The van der Waals surface area contributed by atoms with Crippen molar-refractivity contribution in [2.45, 2.75) is 31.5 Å². The first-order chi connectivity index (χ1) is 17.0. The first-order valence-electron chi connectivity index (χ1n) is 10.3. The number of aryl methyl sites for hydroxylation is 2. The molecule has 1 N–H and O–H groups in total. The van der Waals surface area contributed by atoms with Crippen molar-refractivity contribution in [3.8, 4) is 28.8 Å². The summed E-state index contributed by atoms with van der Waals surface area (Å²) in [4.78, 5) is 3.79. The third kappa shape index (κ3) is 5.31. The van der Waals surface area contributed by atoms with E-state index >= 15 is 0 Å². The van der Waals surface area contributed by atoms with E-state index in [4.69, 9.17) is 4.74 Å². The molecule has 186 valence electrons. The topological polar surface area (TPSA) is 123 Å². The van der Waals surface area contributed by atoms with E-state index in [1.54, 1.807) is 26.0 Å². The minimum atomic E-state index is -4.56. The Kier molecular flexibility index (Phi) is 6.70. The van der Waals surface area contributed by atoms with Crippen molar-refractivity contribution in [3.05, 3.63) is 65.6 Å². The van der Waals surface area contributed by atoms with Crippen LogP contribution in [0, 0.1) is 18.3 Å². The van der Waals surface area contributed by atoms with Gasteiger partial charge in [0.2, 0.25) is 5.13 Å². The minimum absolute atomic E-state index is 0.0331. The van der Waals surface area contributed by atoms with Gasteiger partial charge >= 0.3 is 6.18 Å². The van der Waals surface area contributed by atoms with E-state index in [-0.39, 0.29) is 27.9 Å². The number of anilines is 1. The van der Waals surface area contributed by atoms with Gasteiger partial charge in [-0.15, -0.1) is 0 Å². The average molecular weight is 535 g/mol. The van der Waals surface area contributed by atoms with Crippen LogP contribution in [0.3, 0.4) is 0 Å². The molecule has 2 heterocycles. The largest absolute Gasteiger partial charge is 0.456 e. The number of sulfonamides is 1. The molecule has 0 aliphatic rings. The molecule has 36 heavy (non-hydrogen) atoms. The van der Waals surface area contributed by atoms with Gasteiger partial charge in [-0.2, -0.15) is 27.9 Å². The second kappa shape index (κ2) is 9.59. The number of ether oxygens (including phenoxy) is 1. The Balaban J connectivity index is 1.56. The Morgan fingerprint density at radius 3 is 2.47 bits per heavy atom. The fraction of sp³-hybridized carbons (Fsp3) is 0.182. The Hall–Kier alpha value is -3.96. The average Bonchev–Trinajstić information content (AvgIpc) is 3.45. The summed E-state index contributed by atoms with van der Waals surface area (Å²) in [6.45, 7) is 3.56. The van der Waals surface area contributed by atoms with E-state index in [0.29, 0.717) is 22.8 Å². The molecule has 2 aromatic heterocycles. The molecule has 0 saturated heterocycles. The van der Waals surface area contributed by atoms with Gasteiger partial charge in [-0.3, -0.25) is 9.40 Å². The van der Waals surface area contributed by atoms with E-state index in [1.807, 2.05) is 6.07 Å². The number of nitrogens with zero attached hydrogens (tertiary/aromatic N) is 5. The molecule has 0 bridgehead atoms. The maximum absolute atomic E-state index is 13.1. The highest BCUT2D eigenvalue weighted by molar-refractivity contribution is 7.93. The lowest BCUT2D eigenvalue weighted by Gasteiger charge is -2.11. The van der Waals surface area contributed by atoms with Gasteiger partial charge in [-0.25, -0.2) is 13.4 Å². The highest BCUT2D eigenvalue weighted by atomic mass is 32.2. The van der Waals surface area contributed by atoms with E-state index in [2.05, 4.69) is 19.2 Å². The number of nitrogens with one attached hydrogen (secondary N) is 1. The molecule has 9 nitrogen and oxygen atoms in total. The zero-order chi connectivity index (χ0) is 26.1. The SMILES string of the molecule is CCn1nc(C(F)(F)F)cc1-c1ccc(Oc2ccc(S(=O)(=O)Nc3nc(C)ns3)cc2C#N)cc1. The molecule has 0 radical (unpaired) electrons. The summed E-state index contributed by atoms with van der Waals surface area (Å²) in [6.07, 6.45) is -4.56. The third-order valence-electron chi connectivity index (χ3n) is 4.88. The van der Waals surface area contributed by atoms with Crippen LogP contribution in [0.15, 0.2) is 53.4 Å². The van der Waals surface area contributed by atoms with Crippen molar-refractivity contribution in [3.63, 3.8) is 0 Å². The third-order valence-corrected chi connectivity index (χ3v) is 7.07. The van der Waals surface area contributed by atoms with Gasteiger partial charge in [0.25, 0.3) is 10.0 Å². The fourth-order valence-corrected chi connectivity index (χ4v) is 5.04. The molecule has 0 amide bonds. The predicted octanol–water partition coefficient (Wildman–Crippen LogP) is 5.21. The standard InChI is InChI=1S/C22H17F3N6O3S2/c1-3-31-18(11-20(28-31)22(23,24)25)14-4-6-16(7-5-14)34-19-9-8-17(10-15(19)12-26)36(32,33)30-21-27-13(2)29-35-21/h4-11H,3H2,1-2H3,(H,27,29,30). The molecule has 0 atom stereocenters. The first-order valence-corrected chi connectivity index (χ1v) is 12.6. The second-order valence-electron chi connectivity index (χ2n) is 7.38. The molecular weight excluding hydrogens is 517 g/mol. The molecule has 0 fully saturated rings. The lowest BCUT2D eigenvalue weighted by atomic mass is 10.1. The molecular formula is C22H17F3N6O3S2. The van der Waals surface area contributed by atoms with Crippen molar-refractivity contribution in [1.29, 1.82) is 5.26 Å². The van der Waals surface area contributed by atoms with Crippen molar-refractivity contribution >= 4 is 26.7 Å².